The molecule has 1 aromatic carbocycles. The highest BCUT2D eigenvalue weighted by molar-refractivity contribution is 5.35. The summed E-state index contributed by atoms with van der Waals surface area (Å²) in [4.78, 5) is 0. The van der Waals surface area contributed by atoms with Crippen LogP contribution in [0.1, 0.15) is 36.1 Å². The Kier molecular flexibility index (Phi) is 3.67. The lowest BCUT2D eigenvalue weighted by molar-refractivity contribution is 0.140. The number of hydrogen-bond acceptors (Lipinski definition) is 2. The molecule has 2 heteroatoms. The first-order valence-electron chi connectivity index (χ1n) is 5.07. The van der Waals surface area contributed by atoms with Gasteiger partial charge < -0.3 is 10.8 Å². The van der Waals surface area contributed by atoms with Crippen molar-refractivity contribution in [2.45, 2.75) is 39.3 Å². The van der Waals surface area contributed by atoms with E-state index in [0.29, 0.717) is 6.42 Å². The molecule has 14 heavy (non-hydrogen) atoms. The largest absolute Gasteiger partial charge is 0.391 e. The molecule has 0 aliphatic carbocycles. The summed E-state index contributed by atoms with van der Waals surface area (Å²) in [7, 11) is 0. The average Bonchev–Trinajstić information content (AvgIpc) is 2.20. The second-order valence-corrected chi connectivity index (χ2v) is 3.79. The van der Waals surface area contributed by atoms with Crippen LogP contribution in [0.2, 0.25) is 0 Å². The number of aliphatic hydroxyl groups excluding tert-OH is 1. The lowest BCUT2D eigenvalue weighted by atomic mass is 9.94. The van der Waals surface area contributed by atoms with Crippen LogP contribution in [0.4, 0.5) is 0 Å². The molecule has 0 amide bonds. The summed E-state index contributed by atoms with van der Waals surface area (Å²) >= 11 is 0. The molecule has 0 aliphatic rings. The van der Waals surface area contributed by atoms with E-state index in [4.69, 9.17) is 5.73 Å². The van der Waals surface area contributed by atoms with E-state index >= 15 is 0 Å². The Morgan fingerprint density at radius 1 is 1.36 bits per heavy atom. The Balaban J connectivity index is 3.01. The van der Waals surface area contributed by atoms with E-state index in [1.807, 2.05) is 26.0 Å². The smallest absolute Gasteiger partial charge is 0.0730 e. The highest BCUT2D eigenvalue weighted by Crippen LogP contribution is 2.22. The van der Waals surface area contributed by atoms with Crippen molar-refractivity contribution in [1.82, 2.24) is 0 Å². The molecule has 0 spiro atoms. The van der Waals surface area contributed by atoms with Gasteiger partial charge in [-0.2, -0.15) is 0 Å². The summed E-state index contributed by atoms with van der Waals surface area (Å²) in [6.45, 7) is 6.05. The Labute approximate surface area is 85.8 Å². The van der Waals surface area contributed by atoms with Gasteiger partial charge in [0, 0.05) is 0 Å². The Hall–Kier alpha value is -0.860. The van der Waals surface area contributed by atoms with Crippen LogP contribution >= 0.6 is 0 Å². The van der Waals surface area contributed by atoms with E-state index in [2.05, 4.69) is 13.0 Å². The molecule has 3 N–H and O–H groups in total. The second-order valence-electron chi connectivity index (χ2n) is 3.79. The van der Waals surface area contributed by atoms with Gasteiger partial charge in [0.1, 0.15) is 0 Å². The number of aryl methyl sites for hydroxylation is 1. The van der Waals surface area contributed by atoms with E-state index in [1.54, 1.807) is 0 Å². The summed E-state index contributed by atoms with van der Waals surface area (Å²) in [5.41, 5.74) is 9.43. The van der Waals surface area contributed by atoms with Crippen LogP contribution in [0.25, 0.3) is 0 Å². The van der Waals surface area contributed by atoms with Gasteiger partial charge in [-0.05, 0) is 37.0 Å². The SMILES string of the molecule is CC[C@H](O)[C@H](N)c1cccc(C)c1C. The zero-order valence-corrected chi connectivity index (χ0v) is 9.12. The van der Waals surface area contributed by atoms with E-state index in [0.717, 1.165) is 5.56 Å². The lowest BCUT2D eigenvalue weighted by Crippen LogP contribution is -2.26. The lowest BCUT2D eigenvalue weighted by Gasteiger charge is -2.20. The third kappa shape index (κ3) is 2.14. The van der Waals surface area contributed by atoms with Gasteiger partial charge in [-0.15, -0.1) is 0 Å². The van der Waals surface area contributed by atoms with Crippen LogP contribution in [0, 0.1) is 13.8 Å². The van der Waals surface area contributed by atoms with Crippen molar-refractivity contribution in [3.63, 3.8) is 0 Å². The molecule has 0 saturated carbocycles. The summed E-state index contributed by atoms with van der Waals surface area (Å²) in [6.07, 6.45) is 0.240. The molecule has 1 aromatic rings. The zero-order valence-electron chi connectivity index (χ0n) is 9.12. The second kappa shape index (κ2) is 4.58. The van der Waals surface area contributed by atoms with Crippen LogP contribution in [0.5, 0.6) is 0 Å². The Bertz CT molecular complexity index is 309. The van der Waals surface area contributed by atoms with Crippen molar-refractivity contribution in [3.05, 3.63) is 34.9 Å². The fourth-order valence-electron chi connectivity index (χ4n) is 1.60. The van der Waals surface area contributed by atoms with Crippen LogP contribution in [0.3, 0.4) is 0 Å². The molecule has 2 nitrogen and oxygen atoms in total. The molecule has 0 unspecified atom stereocenters. The highest BCUT2D eigenvalue weighted by atomic mass is 16.3. The molecule has 0 heterocycles. The first-order valence-corrected chi connectivity index (χ1v) is 5.07. The normalized spacial score (nSPS) is 15.2. The fourth-order valence-corrected chi connectivity index (χ4v) is 1.60. The quantitative estimate of drug-likeness (QED) is 0.772. The van der Waals surface area contributed by atoms with Gasteiger partial charge in [-0.3, -0.25) is 0 Å². The summed E-state index contributed by atoms with van der Waals surface area (Å²) in [5, 5.41) is 9.67. The molecule has 78 valence electrons. The predicted molar refractivity (Wildman–Crippen MR) is 59.1 cm³/mol. The van der Waals surface area contributed by atoms with Gasteiger partial charge in [0.05, 0.1) is 12.1 Å². The number of rotatable bonds is 3. The monoisotopic (exact) mass is 193 g/mol. The van der Waals surface area contributed by atoms with Crippen LogP contribution in [-0.2, 0) is 0 Å². The average molecular weight is 193 g/mol. The van der Waals surface area contributed by atoms with Gasteiger partial charge in [-0.25, -0.2) is 0 Å². The predicted octanol–water partition coefficient (Wildman–Crippen LogP) is 2.07. The highest BCUT2D eigenvalue weighted by Gasteiger charge is 2.16. The zero-order chi connectivity index (χ0) is 10.7. The number of hydrogen-bond donors (Lipinski definition) is 2. The minimum absolute atomic E-state index is 0.264. The minimum Gasteiger partial charge on any atom is -0.391 e. The maximum Gasteiger partial charge on any atom is 0.0730 e. The third-order valence-corrected chi connectivity index (χ3v) is 2.84. The summed E-state index contributed by atoms with van der Waals surface area (Å²) in [5.74, 6) is 0. The van der Waals surface area contributed by atoms with Crippen molar-refractivity contribution in [2.24, 2.45) is 5.73 Å². The van der Waals surface area contributed by atoms with E-state index in [9.17, 15) is 5.11 Å². The van der Waals surface area contributed by atoms with Gasteiger partial charge in [0.15, 0.2) is 0 Å². The number of aliphatic hydroxyl groups is 1. The number of benzene rings is 1. The molecule has 0 radical (unpaired) electrons. The van der Waals surface area contributed by atoms with E-state index < -0.39 is 6.10 Å². The third-order valence-electron chi connectivity index (χ3n) is 2.84. The first kappa shape index (κ1) is 11.2. The van der Waals surface area contributed by atoms with Crippen molar-refractivity contribution < 1.29 is 5.11 Å². The van der Waals surface area contributed by atoms with Gasteiger partial charge >= 0.3 is 0 Å². The molecular weight excluding hydrogens is 174 g/mol. The van der Waals surface area contributed by atoms with Gasteiger partial charge in [-0.1, -0.05) is 25.1 Å². The van der Waals surface area contributed by atoms with E-state index in [-0.39, 0.29) is 6.04 Å². The topological polar surface area (TPSA) is 46.2 Å². The Morgan fingerprint density at radius 3 is 2.57 bits per heavy atom. The molecule has 1 rings (SSSR count). The van der Waals surface area contributed by atoms with Crippen LogP contribution in [0.15, 0.2) is 18.2 Å². The molecule has 0 bridgehead atoms. The first-order chi connectivity index (χ1) is 6.57. The molecule has 0 fully saturated rings. The summed E-state index contributed by atoms with van der Waals surface area (Å²) in [6, 6.07) is 5.77. The number of nitrogens with two attached hydrogens (primary N) is 1. The molecule has 0 saturated heterocycles. The standard InChI is InChI=1S/C12H19NO/c1-4-11(14)12(13)10-7-5-6-8(2)9(10)3/h5-7,11-12,14H,4,13H2,1-3H3/t11-,12+/m0/s1. The van der Waals surface area contributed by atoms with Gasteiger partial charge in [0.2, 0.25) is 0 Å². The van der Waals surface area contributed by atoms with Crippen molar-refractivity contribution in [1.29, 1.82) is 0 Å². The van der Waals surface area contributed by atoms with Crippen LogP contribution < -0.4 is 5.73 Å². The van der Waals surface area contributed by atoms with Crippen LogP contribution in [-0.4, -0.2) is 11.2 Å². The van der Waals surface area contributed by atoms with Crippen molar-refractivity contribution in [2.75, 3.05) is 0 Å². The maximum atomic E-state index is 9.67. The van der Waals surface area contributed by atoms with Crippen molar-refractivity contribution >= 4 is 0 Å². The molecule has 2 atom stereocenters. The fraction of sp³-hybridized carbons (Fsp3) is 0.500. The minimum atomic E-state index is -0.449. The molecule has 0 aromatic heterocycles. The molecular formula is C12H19NO. The van der Waals surface area contributed by atoms with Crippen molar-refractivity contribution in [3.8, 4) is 0 Å². The van der Waals surface area contributed by atoms with E-state index in [1.165, 1.54) is 11.1 Å². The van der Waals surface area contributed by atoms with Gasteiger partial charge in [0.25, 0.3) is 0 Å². The maximum absolute atomic E-state index is 9.67. The Morgan fingerprint density at radius 2 is 2.00 bits per heavy atom. The summed E-state index contributed by atoms with van der Waals surface area (Å²) < 4.78 is 0. The molecule has 0 aliphatic heterocycles.